The third-order valence-electron chi connectivity index (χ3n) is 7.85. The Balaban J connectivity index is 1.45. The molecule has 9 heteroatoms. The van der Waals surface area contributed by atoms with Crippen LogP contribution in [0.5, 0.6) is 0 Å². The normalized spacial score (nSPS) is 18.2. The lowest BCUT2D eigenvalue weighted by Gasteiger charge is -2.38. The van der Waals surface area contributed by atoms with Crippen LogP contribution in [0, 0.1) is 11.7 Å². The van der Waals surface area contributed by atoms with Gasteiger partial charge in [0.25, 0.3) is 6.43 Å². The van der Waals surface area contributed by atoms with Crippen molar-refractivity contribution >= 4 is 16.9 Å². The summed E-state index contributed by atoms with van der Waals surface area (Å²) in [7, 11) is 2.14. The maximum Gasteiger partial charge on any atom is 0.266 e. The fourth-order valence-electron chi connectivity index (χ4n) is 5.74. The first kappa shape index (κ1) is 25.9. The summed E-state index contributed by atoms with van der Waals surface area (Å²) in [6.07, 6.45) is 1.67. The molecule has 3 aromatic rings. The summed E-state index contributed by atoms with van der Waals surface area (Å²) in [4.78, 5) is 18.7. The molecule has 0 atom stereocenters. The van der Waals surface area contributed by atoms with E-state index >= 15 is 0 Å². The number of anilines is 1. The first-order valence-electron chi connectivity index (χ1n) is 13.2. The average Bonchev–Trinajstić information content (AvgIpc) is 2.86. The van der Waals surface area contributed by atoms with Crippen molar-refractivity contribution in [2.24, 2.45) is 5.92 Å². The largest absolute Gasteiger partial charge is 0.365 e. The molecule has 2 aromatic heterocycles. The van der Waals surface area contributed by atoms with Crippen LogP contribution >= 0.6 is 0 Å². The molecule has 2 aliphatic rings. The second kappa shape index (κ2) is 10.9. The Labute approximate surface area is 216 Å². The van der Waals surface area contributed by atoms with Crippen LogP contribution in [0.1, 0.15) is 61.4 Å². The monoisotopic (exact) mass is 512 g/mol. The van der Waals surface area contributed by atoms with Crippen molar-refractivity contribution in [3.8, 4) is 0 Å². The number of rotatable bonds is 8. The number of piperidine rings is 1. The topological polar surface area (TPSA) is 57.2 Å². The van der Waals surface area contributed by atoms with Gasteiger partial charge in [-0.25, -0.2) is 28.1 Å². The number of pyridine rings is 1. The van der Waals surface area contributed by atoms with Crippen molar-refractivity contribution in [2.75, 3.05) is 38.5 Å². The zero-order valence-corrected chi connectivity index (χ0v) is 21.7. The zero-order valence-electron chi connectivity index (χ0n) is 21.7. The summed E-state index contributed by atoms with van der Waals surface area (Å²) < 4.78 is 40.9. The maximum absolute atomic E-state index is 14.6. The first-order valence-corrected chi connectivity index (χ1v) is 13.2. The van der Waals surface area contributed by atoms with Crippen molar-refractivity contribution in [3.05, 3.63) is 58.8 Å². The number of nitrogens with one attached hydrogen (secondary N) is 1. The van der Waals surface area contributed by atoms with E-state index in [2.05, 4.69) is 52.0 Å². The third-order valence-corrected chi connectivity index (χ3v) is 7.85. The lowest BCUT2D eigenvalue weighted by molar-refractivity contribution is 0.133. The molecule has 5 rings (SSSR count). The summed E-state index contributed by atoms with van der Waals surface area (Å²) >= 11 is 0. The Kier molecular flexibility index (Phi) is 7.62. The van der Waals surface area contributed by atoms with E-state index in [1.165, 1.54) is 24.0 Å². The van der Waals surface area contributed by atoms with Gasteiger partial charge in [0.15, 0.2) is 5.65 Å². The lowest BCUT2D eigenvalue weighted by atomic mass is 9.84. The van der Waals surface area contributed by atoms with Crippen molar-refractivity contribution in [2.45, 2.75) is 58.0 Å². The van der Waals surface area contributed by atoms with E-state index in [0.29, 0.717) is 29.3 Å². The summed E-state index contributed by atoms with van der Waals surface area (Å²) in [6.45, 7) is 8.79. The minimum atomic E-state index is -2.86. The molecule has 0 bridgehead atoms. The highest BCUT2D eigenvalue weighted by Crippen LogP contribution is 2.35. The number of nitrogens with zero attached hydrogens (tertiary/aromatic N) is 5. The molecule has 0 spiro atoms. The molecule has 0 unspecified atom stereocenters. The van der Waals surface area contributed by atoms with Gasteiger partial charge in [-0.2, -0.15) is 0 Å². The number of benzene rings is 1. The molecule has 2 fully saturated rings. The molecule has 0 saturated carbocycles. The summed E-state index contributed by atoms with van der Waals surface area (Å²) in [5.74, 6) is 0.656. The van der Waals surface area contributed by atoms with E-state index in [4.69, 9.17) is 4.98 Å². The Morgan fingerprint density at radius 2 is 1.86 bits per heavy atom. The number of hydrogen-bond donors (Lipinski definition) is 1. The number of likely N-dealkylation sites (tertiary alicyclic amines) is 2. The first-order chi connectivity index (χ1) is 17.8. The van der Waals surface area contributed by atoms with E-state index in [1.54, 1.807) is 0 Å². The van der Waals surface area contributed by atoms with Crippen LogP contribution in [0.15, 0.2) is 30.6 Å². The van der Waals surface area contributed by atoms with Crippen LogP contribution in [0.4, 0.5) is 19.0 Å². The van der Waals surface area contributed by atoms with Gasteiger partial charge in [-0.3, -0.25) is 0 Å². The summed E-state index contributed by atoms with van der Waals surface area (Å²) in [5.41, 5.74) is 2.56. The molecular weight excluding hydrogens is 477 g/mol. The van der Waals surface area contributed by atoms with Crippen molar-refractivity contribution in [1.29, 1.82) is 0 Å². The van der Waals surface area contributed by atoms with Crippen molar-refractivity contribution in [1.82, 2.24) is 24.8 Å². The van der Waals surface area contributed by atoms with Crippen LogP contribution in [-0.2, 0) is 13.0 Å². The third kappa shape index (κ3) is 5.57. The quantitative estimate of drug-likeness (QED) is 0.436. The molecule has 2 aliphatic heterocycles. The SMILES string of the molecule is CC(C)N1CCC(c2cc3c(NCc4cccc(C(F)F)c4F)ncnc3nc2CC2CN(C)C2)CC1. The Bertz CT molecular complexity index is 1240. The van der Waals surface area contributed by atoms with Gasteiger partial charge >= 0.3 is 0 Å². The average molecular weight is 513 g/mol. The van der Waals surface area contributed by atoms with Crippen molar-refractivity contribution < 1.29 is 13.2 Å². The minimum absolute atomic E-state index is 0.0385. The molecule has 198 valence electrons. The predicted molar refractivity (Wildman–Crippen MR) is 139 cm³/mol. The van der Waals surface area contributed by atoms with Gasteiger partial charge in [-0.1, -0.05) is 18.2 Å². The molecule has 1 aromatic carbocycles. The summed E-state index contributed by atoms with van der Waals surface area (Å²) in [5, 5.41) is 3.94. The molecule has 0 aliphatic carbocycles. The predicted octanol–water partition coefficient (Wildman–Crippen LogP) is 5.41. The molecule has 6 nitrogen and oxygen atoms in total. The van der Waals surface area contributed by atoms with Crippen LogP contribution in [0.2, 0.25) is 0 Å². The van der Waals surface area contributed by atoms with Gasteiger partial charge in [0.1, 0.15) is 18.0 Å². The fraction of sp³-hybridized carbons (Fsp3) is 0.536. The van der Waals surface area contributed by atoms with Gasteiger partial charge in [0.2, 0.25) is 0 Å². The van der Waals surface area contributed by atoms with Gasteiger partial charge in [0, 0.05) is 36.9 Å². The highest BCUT2D eigenvalue weighted by molar-refractivity contribution is 5.87. The van der Waals surface area contributed by atoms with Gasteiger partial charge in [-0.15, -0.1) is 0 Å². The molecule has 0 radical (unpaired) electrons. The molecule has 4 heterocycles. The Hall–Kier alpha value is -2.78. The molecule has 1 N–H and O–H groups in total. The second-order valence-electron chi connectivity index (χ2n) is 10.8. The fourth-order valence-corrected chi connectivity index (χ4v) is 5.74. The van der Waals surface area contributed by atoms with Crippen LogP contribution in [0.3, 0.4) is 0 Å². The van der Waals surface area contributed by atoms with E-state index in [-0.39, 0.29) is 12.1 Å². The van der Waals surface area contributed by atoms with Gasteiger partial charge in [0.05, 0.1) is 10.9 Å². The summed E-state index contributed by atoms with van der Waals surface area (Å²) in [6, 6.07) is 6.79. The van der Waals surface area contributed by atoms with E-state index in [0.717, 1.165) is 62.6 Å². The van der Waals surface area contributed by atoms with Crippen LogP contribution < -0.4 is 5.32 Å². The second-order valence-corrected chi connectivity index (χ2v) is 10.8. The van der Waals surface area contributed by atoms with Crippen molar-refractivity contribution in [3.63, 3.8) is 0 Å². The van der Waals surface area contributed by atoms with Crippen LogP contribution in [0.25, 0.3) is 11.0 Å². The molecule has 0 amide bonds. The smallest absolute Gasteiger partial charge is 0.266 e. The van der Waals surface area contributed by atoms with Gasteiger partial charge in [-0.05, 0) is 76.7 Å². The highest BCUT2D eigenvalue weighted by Gasteiger charge is 2.29. The Morgan fingerprint density at radius 1 is 1.11 bits per heavy atom. The van der Waals surface area contributed by atoms with Gasteiger partial charge < -0.3 is 15.1 Å². The molecular formula is C28H35F3N6. The molecule has 2 saturated heterocycles. The lowest BCUT2D eigenvalue weighted by Crippen LogP contribution is -2.45. The van der Waals surface area contributed by atoms with Crippen LogP contribution in [-0.4, -0.2) is 64.0 Å². The standard InChI is InChI=1S/C28H35F3N6/c1-17(2)37-9-7-19(8-10-37)22-12-23-27(32-13-20-5-4-6-21(25(20)29)26(30)31)33-16-34-28(23)35-24(22)11-18-14-36(3)15-18/h4-6,12,16-19,26H,7-11,13-15H2,1-3H3,(H,32,33,34,35). The molecule has 37 heavy (non-hydrogen) atoms. The number of fused-ring (bicyclic) bond motifs is 1. The zero-order chi connectivity index (χ0) is 26.1. The maximum atomic E-state index is 14.6. The van der Waals surface area contributed by atoms with E-state index < -0.39 is 17.8 Å². The highest BCUT2D eigenvalue weighted by atomic mass is 19.3. The number of hydrogen-bond acceptors (Lipinski definition) is 6. The number of alkyl halides is 2. The van der Waals surface area contributed by atoms with E-state index in [1.807, 2.05) is 0 Å². The minimum Gasteiger partial charge on any atom is -0.365 e. The number of halogens is 3. The number of aromatic nitrogens is 3. The Morgan fingerprint density at radius 3 is 2.54 bits per heavy atom. The van der Waals surface area contributed by atoms with E-state index in [9.17, 15) is 13.2 Å².